The molecule has 2 N–H and O–H groups in total. The molecule has 4 nitrogen and oxygen atoms in total. The summed E-state index contributed by atoms with van der Waals surface area (Å²) in [6.45, 7) is 0.799. The summed E-state index contributed by atoms with van der Waals surface area (Å²) in [7, 11) is 1.99. The highest BCUT2D eigenvalue weighted by atomic mass is 16.2. The highest BCUT2D eigenvalue weighted by Gasteiger charge is 2.29. The second-order valence-electron chi connectivity index (χ2n) is 5.42. The molecule has 1 saturated carbocycles. The number of carbonyl (C=O) groups excluding carboxylic acids is 1. The molecule has 4 heteroatoms. The Kier molecular flexibility index (Phi) is 3.42. The van der Waals surface area contributed by atoms with Gasteiger partial charge in [0.2, 0.25) is 0 Å². The van der Waals surface area contributed by atoms with Crippen LogP contribution < -0.4 is 15.5 Å². The van der Waals surface area contributed by atoms with E-state index < -0.39 is 0 Å². The van der Waals surface area contributed by atoms with Gasteiger partial charge in [-0.2, -0.15) is 0 Å². The Labute approximate surface area is 114 Å². The summed E-state index contributed by atoms with van der Waals surface area (Å²) in [6.07, 6.45) is 4.35. The molecule has 0 spiro atoms. The Bertz CT molecular complexity index is 470. The maximum Gasteiger partial charge on any atom is 0.322 e. The number of nitrogens with zero attached hydrogens (tertiary/aromatic N) is 1. The number of nitrogens with one attached hydrogen (secondary N) is 2. The lowest BCUT2D eigenvalue weighted by Gasteiger charge is -2.24. The third kappa shape index (κ3) is 2.59. The van der Waals surface area contributed by atoms with Crippen molar-refractivity contribution in [2.45, 2.75) is 37.8 Å². The molecule has 1 unspecified atom stereocenters. The van der Waals surface area contributed by atoms with E-state index in [0.717, 1.165) is 37.9 Å². The normalized spacial score (nSPS) is 22.6. The van der Waals surface area contributed by atoms with Gasteiger partial charge in [-0.1, -0.05) is 18.2 Å². The second kappa shape index (κ2) is 5.21. The number of rotatable bonds is 2. The molecular formula is C15H21N3O. The molecule has 1 aromatic carbocycles. The first-order chi connectivity index (χ1) is 9.29. The molecule has 1 atom stereocenters. The van der Waals surface area contributed by atoms with Crippen LogP contribution in [0.1, 0.15) is 37.3 Å². The molecule has 19 heavy (non-hydrogen) atoms. The van der Waals surface area contributed by atoms with Crippen molar-refractivity contribution in [3.8, 4) is 0 Å². The SMILES string of the molecule is CNC1CCCN(C(=O)NC2CC2)c2ccccc21. The van der Waals surface area contributed by atoms with E-state index in [0.29, 0.717) is 12.1 Å². The summed E-state index contributed by atoms with van der Waals surface area (Å²) in [5.41, 5.74) is 2.28. The van der Waals surface area contributed by atoms with Gasteiger partial charge in [-0.15, -0.1) is 0 Å². The van der Waals surface area contributed by atoms with Crippen molar-refractivity contribution in [2.24, 2.45) is 0 Å². The number of anilines is 1. The van der Waals surface area contributed by atoms with Crippen molar-refractivity contribution >= 4 is 11.7 Å². The van der Waals surface area contributed by atoms with Crippen molar-refractivity contribution in [2.75, 3.05) is 18.5 Å². The fourth-order valence-corrected chi connectivity index (χ4v) is 2.75. The average molecular weight is 259 g/mol. The summed E-state index contributed by atoms with van der Waals surface area (Å²) < 4.78 is 0. The summed E-state index contributed by atoms with van der Waals surface area (Å²) in [5, 5.41) is 6.45. The summed E-state index contributed by atoms with van der Waals surface area (Å²) in [6, 6.07) is 9.04. The van der Waals surface area contributed by atoms with Gasteiger partial charge in [0.1, 0.15) is 0 Å². The van der Waals surface area contributed by atoms with Crippen LogP contribution in [0.15, 0.2) is 24.3 Å². The molecule has 1 aliphatic carbocycles. The van der Waals surface area contributed by atoms with Crippen LogP contribution in [0, 0.1) is 0 Å². The third-order valence-electron chi connectivity index (χ3n) is 3.98. The van der Waals surface area contributed by atoms with Crippen LogP contribution in [-0.4, -0.2) is 25.7 Å². The number of urea groups is 1. The summed E-state index contributed by atoms with van der Waals surface area (Å²) >= 11 is 0. The van der Waals surface area contributed by atoms with Crippen molar-refractivity contribution < 1.29 is 4.79 Å². The van der Waals surface area contributed by atoms with E-state index in [2.05, 4.69) is 22.8 Å². The van der Waals surface area contributed by atoms with Crippen molar-refractivity contribution in [1.82, 2.24) is 10.6 Å². The van der Waals surface area contributed by atoms with Crippen molar-refractivity contribution in [1.29, 1.82) is 0 Å². The minimum atomic E-state index is 0.0618. The highest BCUT2D eigenvalue weighted by molar-refractivity contribution is 5.93. The van der Waals surface area contributed by atoms with E-state index in [-0.39, 0.29) is 6.03 Å². The molecule has 2 aliphatic rings. The topological polar surface area (TPSA) is 44.4 Å². The van der Waals surface area contributed by atoms with Crippen LogP contribution in [0.25, 0.3) is 0 Å². The Morgan fingerprint density at radius 1 is 1.26 bits per heavy atom. The van der Waals surface area contributed by atoms with Crippen LogP contribution in [0.3, 0.4) is 0 Å². The number of para-hydroxylation sites is 1. The van der Waals surface area contributed by atoms with Crippen LogP contribution >= 0.6 is 0 Å². The molecular weight excluding hydrogens is 238 g/mol. The van der Waals surface area contributed by atoms with Gasteiger partial charge in [0.25, 0.3) is 0 Å². The van der Waals surface area contributed by atoms with Gasteiger partial charge < -0.3 is 10.6 Å². The van der Waals surface area contributed by atoms with Crippen LogP contribution in [-0.2, 0) is 0 Å². The monoisotopic (exact) mass is 259 g/mol. The van der Waals surface area contributed by atoms with Gasteiger partial charge in [0, 0.05) is 18.6 Å². The van der Waals surface area contributed by atoms with E-state index >= 15 is 0 Å². The molecule has 102 valence electrons. The Morgan fingerprint density at radius 2 is 2.05 bits per heavy atom. The first-order valence-electron chi connectivity index (χ1n) is 7.14. The zero-order valence-electron chi connectivity index (χ0n) is 11.4. The van der Waals surface area contributed by atoms with Gasteiger partial charge in [0.05, 0.1) is 5.69 Å². The molecule has 0 radical (unpaired) electrons. The van der Waals surface area contributed by atoms with Gasteiger partial charge in [0.15, 0.2) is 0 Å². The fraction of sp³-hybridized carbons (Fsp3) is 0.533. The fourth-order valence-electron chi connectivity index (χ4n) is 2.75. The maximum absolute atomic E-state index is 12.4. The molecule has 1 aromatic rings. The molecule has 1 fully saturated rings. The van der Waals surface area contributed by atoms with Crippen LogP contribution in [0.2, 0.25) is 0 Å². The van der Waals surface area contributed by atoms with Gasteiger partial charge in [-0.05, 0) is 44.4 Å². The number of amides is 2. The minimum Gasteiger partial charge on any atom is -0.335 e. The number of benzene rings is 1. The van der Waals surface area contributed by atoms with Crippen LogP contribution in [0.5, 0.6) is 0 Å². The Morgan fingerprint density at radius 3 is 2.79 bits per heavy atom. The lowest BCUT2D eigenvalue weighted by Crippen LogP contribution is -2.41. The molecule has 3 rings (SSSR count). The van der Waals surface area contributed by atoms with Gasteiger partial charge >= 0.3 is 6.03 Å². The average Bonchev–Trinajstić information content (AvgIpc) is 3.24. The quantitative estimate of drug-likeness (QED) is 0.856. The molecule has 2 amide bonds. The first-order valence-corrected chi connectivity index (χ1v) is 7.14. The number of carbonyl (C=O) groups is 1. The highest BCUT2D eigenvalue weighted by Crippen LogP contribution is 2.33. The zero-order valence-corrected chi connectivity index (χ0v) is 11.4. The smallest absolute Gasteiger partial charge is 0.322 e. The van der Waals surface area contributed by atoms with E-state index in [1.54, 1.807) is 0 Å². The number of hydrogen-bond donors (Lipinski definition) is 2. The molecule has 0 aromatic heterocycles. The predicted molar refractivity (Wildman–Crippen MR) is 76.4 cm³/mol. The number of hydrogen-bond acceptors (Lipinski definition) is 2. The van der Waals surface area contributed by atoms with Gasteiger partial charge in [-0.3, -0.25) is 4.90 Å². The number of fused-ring (bicyclic) bond motifs is 1. The molecule has 1 aliphatic heterocycles. The Balaban J connectivity index is 1.89. The van der Waals surface area contributed by atoms with Crippen molar-refractivity contribution in [3.05, 3.63) is 29.8 Å². The minimum absolute atomic E-state index is 0.0618. The molecule has 0 saturated heterocycles. The van der Waals surface area contributed by atoms with Gasteiger partial charge in [-0.25, -0.2) is 4.79 Å². The van der Waals surface area contributed by atoms with E-state index in [9.17, 15) is 4.79 Å². The predicted octanol–water partition coefficient (Wildman–Crippen LogP) is 2.42. The largest absolute Gasteiger partial charge is 0.335 e. The summed E-state index contributed by atoms with van der Waals surface area (Å²) in [5.74, 6) is 0. The van der Waals surface area contributed by atoms with Crippen LogP contribution in [0.4, 0.5) is 10.5 Å². The Hall–Kier alpha value is -1.55. The van der Waals surface area contributed by atoms with E-state index in [4.69, 9.17) is 0 Å². The maximum atomic E-state index is 12.4. The van der Waals surface area contributed by atoms with Crippen molar-refractivity contribution in [3.63, 3.8) is 0 Å². The summed E-state index contributed by atoms with van der Waals surface area (Å²) in [4.78, 5) is 14.3. The lowest BCUT2D eigenvalue weighted by atomic mass is 10.0. The van der Waals surface area contributed by atoms with E-state index in [1.807, 2.05) is 24.1 Å². The molecule has 1 heterocycles. The third-order valence-corrected chi connectivity index (χ3v) is 3.98. The standard InChI is InChI=1S/C15H21N3O/c1-16-13-6-4-10-18(15(19)17-11-8-9-11)14-7-3-2-5-12(13)14/h2-3,5,7,11,13,16H,4,6,8-10H2,1H3,(H,17,19). The lowest BCUT2D eigenvalue weighted by molar-refractivity contribution is 0.246. The second-order valence-corrected chi connectivity index (χ2v) is 5.42. The molecule has 0 bridgehead atoms. The zero-order chi connectivity index (χ0) is 13.2. The van der Waals surface area contributed by atoms with E-state index in [1.165, 1.54) is 5.56 Å². The first kappa shape index (κ1) is 12.5.